The number of hydrogen-bond donors (Lipinski definition) is 1. The van der Waals surface area contributed by atoms with E-state index < -0.39 is 22.1 Å². The van der Waals surface area contributed by atoms with Crippen LogP contribution in [0.25, 0.3) is 5.82 Å². The molecule has 0 spiro atoms. The molecule has 1 N–H and O–H groups in total. The Kier molecular flexibility index (Phi) is 6.13. The van der Waals surface area contributed by atoms with Crippen LogP contribution in [0.1, 0.15) is 17.0 Å². The molecular weight excluding hydrogens is 421 g/mol. The van der Waals surface area contributed by atoms with Crippen molar-refractivity contribution >= 4 is 10.0 Å². The highest BCUT2D eigenvalue weighted by atomic mass is 32.2. The van der Waals surface area contributed by atoms with Gasteiger partial charge in [0.15, 0.2) is 5.82 Å². The quantitative estimate of drug-likeness (QED) is 0.609. The molecular formula is C19H19F3N4O3S. The Bertz CT molecular complexity index is 1110. The minimum atomic E-state index is -4.84. The topological polar surface area (TPSA) is 86.1 Å². The lowest BCUT2D eigenvalue weighted by molar-refractivity contribution is -0.274. The highest BCUT2D eigenvalue weighted by Crippen LogP contribution is 2.24. The van der Waals surface area contributed by atoms with E-state index in [1.165, 1.54) is 0 Å². The summed E-state index contributed by atoms with van der Waals surface area (Å²) in [7, 11) is -3.89. The first-order valence-electron chi connectivity index (χ1n) is 8.89. The SMILES string of the molecule is Cc1nn(-c2ccccn2)c(C)c1CCNS(=O)(=O)c1ccc(OC(F)(F)F)cc1. The van der Waals surface area contributed by atoms with Crippen LogP contribution in [0.4, 0.5) is 13.2 Å². The van der Waals surface area contributed by atoms with Crippen LogP contribution in [0.3, 0.4) is 0 Å². The van der Waals surface area contributed by atoms with Crippen LogP contribution in [0.2, 0.25) is 0 Å². The molecule has 3 rings (SSSR count). The fraction of sp³-hybridized carbons (Fsp3) is 0.263. The van der Waals surface area contributed by atoms with Gasteiger partial charge in [-0.3, -0.25) is 0 Å². The van der Waals surface area contributed by atoms with E-state index in [9.17, 15) is 21.6 Å². The summed E-state index contributed by atoms with van der Waals surface area (Å²) < 4.78 is 69.4. The lowest BCUT2D eigenvalue weighted by atomic mass is 10.1. The van der Waals surface area contributed by atoms with Crippen LogP contribution in [-0.2, 0) is 16.4 Å². The average molecular weight is 440 g/mol. The van der Waals surface area contributed by atoms with Crippen molar-refractivity contribution in [1.82, 2.24) is 19.5 Å². The van der Waals surface area contributed by atoms with Crippen molar-refractivity contribution in [3.05, 3.63) is 65.6 Å². The molecule has 0 aliphatic carbocycles. The second-order valence-electron chi connectivity index (χ2n) is 6.42. The number of hydrogen-bond acceptors (Lipinski definition) is 5. The Morgan fingerprint density at radius 2 is 1.80 bits per heavy atom. The molecule has 0 aliphatic heterocycles. The number of nitrogens with zero attached hydrogens (tertiary/aromatic N) is 3. The maximum Gasteiger partial charge on any atom is 0.573 e. The molecule has 11 heteroatoms. The fourth-order valence-electron chi connectivity index (χ4n) is 2.95. The number of rotatable bonds is 7. The monoisotopic (exact) mass is 440 g/mol. The molecule has 2 heterocycles. The number of aryl methyl sites for hydroxylation is 1. The zero-order valence-corrected chi connectivity index (χ0v) is 17.0. The zero-order chi connectivity index (χ0) is 21.9. The normalized spacial score (nSPS) is 12.2. The third-order valence-electron chi connectivity index (χ3n) is 4.34. The summed E-state index contributed by atoms with van der Waals surface area (Å²) in [6.07, 6.45) is -2.79. The smallest absolute Gasteiger partial charge is 0.406 e. The molecule has 0 bridgehead atoms. The maximum atomic E-state index is 12.4. The molecule has 0 amide bonds. The summed E-state index contributed by atoms with van der Waals surface area (Å²) >= 11 is 0. The van der Waals surface area contributed by atoms with Gasteiger partial charge in [0.05, 0.1) is 10.6 Å². The number of sulfonamides is 1. The molecule has 2 aromatic heterocycles. The number of nitrogens with one attached hydrogen (secondary N) is 1. The summed E-state index contributed by atoms with van der Waals surface area (Å²) in [4.78, 5) is 4.10. The number of alkyl halides is 3. The highest BCUT2D eigenvalue weighted by Gasteiger charge is 2.31. The molecule has 0 atom stereocenters. The van der Waals surface area contributed by atoms with E-state index in [1.54, 1.807) is 16.9 Å². The summed E-state index contributed by atoms with van der Waals surface area (Å²) in [5, 5.41) is 4.46. The number of benzene rings is 1. The Labute approximate surface area is 171 Å². The molecule has 30 heavy (non-hydrogen) atoms. The first-order chi connectivity index (χ1) is 14.1. The van der Waals surface area contributed by atoms with Crippen molar-refractivity contribution in [2.24, 2.45) is 0 Å². The van der Waals surface area contributed by atoms with E-state index in [0.717, 1.165) is 41.2 Å². The Balaban J connectivity index is 1.67. The molecule has 160 valence electrons. The first kappa shape index (κ1) is 21.8. The predicted octanol–water partition coefficient (Wildman–Crippen LogP) is 3.30. The predicted molar refractivity (Wildman–Crippen MR) is 103 cm³/mol. The van der Waals surface area contributed by atoms with Crippen LogP contribution in [0.5, 0.6) is 5.75 Å². The van der Waals surface area contributed by atoms with Crippen molar-refractivity contribution in [3.63, 3.8) is 0 Å². The second kappa shape index (κ2) is 8.44. The van der Waals surface area contributed by atoms with Crippen molar-refractivity contribution in [2.45, 2.75) is 31.5 Å². The minimum absolute atomic E-state index is 0.0960. The van der Waals surface area contributed by atoms with E-state index in [-0.39, 0.29) is 11.4 Å². The largest absolute Gasteiger partial charge is 0.573 e. The van der Waals surface area contributed by atoms with E-state index in [0.29, 0.717) is 12.2 Å². The van der Waals surface area contributed by atoms with E-state index in [1.807, 2.05) is 26.0 Å². The van der Waals surface area contributed by atoms with Gasteiger partial charge in [-0.1, -0.05) is 6.07 Å². The minimum Gasteiger partial charge on any atom is -0.406 e. The lowest BCUT2D eigenvalue weighted by Crippen LogP contribution is -2.26. The molecule has 0 fully saturated rings. The Morgan fingerprint density at radius 3 is 2.40 bits per heavy atom. The average Bonchev–Trinajstić information content (AvgIpc) is 2.96. The molecule has 0 unspecified atom stereocenters. The first-order valence-corrected chi connectivity index (χ1v) is 10.4. The Hall–Kier alpha value is -2.92. The summed E-state index contributed by atoms with van der Waals surface area (Å²) in [5.74, 6) is 0.167. The van der Waals surface area contributed by atoms with Crippen LogP contribution >= 0.6 is 0 Å². The number of aromatic nitrogens is 3. The maximum absolute atomic E-state index is 12.4. The van der Waals surface area contributed by atoms with E-state index >= 15 is 0 Å². The van der Waals surface area contributed by atoms with E-state index in [4.69, 9.17) is 0 Å². The summed E-state index contributed by atoms with van der Waals surface area (Å²) in [5.41, 5.74) is 2.49. The Morgan fingerprint density at radius 1 is 1.10 bits per heavy atom. The third kappa shape index (κ3) is 5.16. The van der Waals surface area contributed by atoms with Crippen LogP contribution < -0.4 is 9.46 Å². The third-order valence-corrected chi connectivity index (χ3v) is 5.82. The second-order valence-corrected chi connectivity index (χ2v) is 8.18. The van der Waals surface area contributed by atoms with Gasteiger partial charge in [0.1, 0.15) is 5.75 Å². The molecule has 0 aliphatic rings. The van der Waals surface area contributed by atoms with Crippen molar-refractivity contribution in [2.75, 3.05) is 6.54 Å². The number of pyridine rings is 1. The standard InChI is InChI=1S/C19H19F3N4O3S/c1-13-17(14(2)26(25-13)18-5-3-4-11-23-18)10-12-24-30(27,28)16-8-6-15(7-9-16)29-19(20,21)22/h3-9,11,24H,10,12H2,1-2H3. The van der Waals surface area contributed by atoms with Gasteiger partial charge in [-0.05, 0) is 62.2 Å². The van der Waals surface area contributed by atoms with Gasteiger partial charge in [-0.25, -0.2) is 22.8 Å². The van der Waals surface area contributed by atoms with Crippen LogP contribution in [-0.4, -0.2) is 36.1 Å². The van der Waals surface area contributed by atoms with Gasteiger partial charge in [-0.15, -0.1) is 13.2 Å². The molecule has 1 aromatic carbocycles. The molecule has 0 radical (unpaired) electrons. The fourth-order valence-corrected chi connectivity index (χ4v) is 3.98. The highest BCUT2D eigenvalue weighted by molar-refractivity contribution is 7.89. The molecule has 0 saturated carbocycles. The van der Waals surface area contributed by atoms with Crippen LogP contribution in [0, 0.1) is 13.8 Å². The van der Waals surface area contributed by atoms with Crippen molar-refractivity contribution < 1.29 is 26.3 Å². The van der Waals surface area contributed by atoms with Gasteiger partial charge in [-0.2, -0.15) is 5.10 Å². The van der Waals surface area contributed by atoms with E-state index in [2.05, 4.69) is 19.5 Å². The van der Waals surface area contributed by atoms with Crippen molar-refractivity contribution in [1.29, 1.82) is 0 Å². The van der Waals surface area contributed by atoms with Gasteiger partial charge in [0.2, 0.25) is 10.0 Å². The zero-order valence-electron chi connectivity index (χ0n) is 16.1. The van der Waals surface area contributed by atoms with Gasteiger partial charge < -0.3 is 4.74 Å². The van der Waals surface area contributed by atoms with Crippen molar-refractivity contribution in [3.8, 4) is 11.6 Å². The summed E-state index contributed by atoms with van der Waals surface area (Å²) in [6.45, 7) is 3.80. The molecule has 3 aromatic rings. The molecule has 0 saturated heterocycles. The summed E-state index contributed by atoms with van der Waals surface area (Å²) in [6, 6.07) is 9.47. The van der Waals surface area contributed by atoms with Gasteiger partial charge in [0, 0.05) is 18.4 Å². The lowest BCUT2D eigenvalue weighted by Gasteiger charge is -2.10. The number of halogens is 3. The molecule has 7 nitrogen and oxygen atoms in total. The van der Waals surface area contributed by atoms with Crippen LogP contribution in [0.15, 0.2) is 53.6 Å². The van der Waals surface area contributed by atoms with Gasteiger partial charge >= 0.3 is 6.36 Å². The van der Waals surface area contributed by atoms with Gasteiger partial charge in [0.25, 0.3) is 0 Å². The number of ether oxygens (including phenoxy) is 1.